The third-order valence-electron chi connectivity index (χ3n) is 3.30. The molecule has 0 aliphatic rings. The lowest BCUT2D eigenvalue weighted by atomic mass is 10.1. The van der Waals surface area contributed by atoms with Crippen LogP contribution < -0.4 is 20.5 Å². The van der Waals surface area contributed by atoms with Crippen molar-refractivity contribution in [1.29, 1.82) is 0 Å². The predicted molar refractivity (Wildman–Crippen MR) is 92.8 cm³/mol. The number of carbonyl (C=O) groups excluding carboxylic acids is 1. The van der Waals surface area contributed by atoms with Gasteiger partial charge in [0.25, 0.3) is 0 Å². The van der Waals surface area contributed by atoms with E-state index in [1.54, 1.807) is 38.5 Å². The summed E-state index contributed by atoms with van der Waals surface area (Å²) in [7, 11) is 3.14. The number of methoxy groups -OCH3 is 2. The molecule has 1 amide bonds. The second kappa shape index (κ2) is 7.35. The quantitative estimate of drug-likeness (QED) is 0.656. The van der Waals surface area contributed by atoms with Gasteiger partial charge in [-0.05, 0) is 48.4 Å². The first-order chi connectivity index (χ1) is 11.0. The van der Waals surface area contributed by atoms with Crippen LogP contribution in [0.3, 0.4) is 0 Å². The average Bonchev–Trinajstić information content (AvgIpc) is 2.55. The maximum absolute atomic E-state index is 12.0. The van der Waals surface area contributed by atoms with E-state index in [1.165, 1.54) is 6.08 Å². The minimum Gasteiger partial charge on any atom is -0.493 e. The molecule has 0 heterocycles. The van der Waals surface area contributed by atoms with Gasteiger partial charge in [-0.2, -0.15) is 0 Å². The first kappa shape index (κ1) is 16.4. The Hall–Kier alpha value is -2.95. The van der Waals surface area contributed by atoms with E-state index in [4.69, 9.17) is 15.2 Å². The van der Waals surface area contributed by atoms with Crippen LogP contribution in [0.15, 0.2) is 42.5 Å². The van der Waals surface area contributed by atoms with Gasteiger partial charge < -0.3 is 20.5 Å². The standard InChI is InChI=1S/C18H20N2O3/c1-12-4-7-15(14(19)10-12)20-18(21)9-6-13-5-8-16(22-2)17(11-13)23-3/h4-11H,19H2,1-3H3,(H,20,21)/b9-6+. The highest BCUT2D eigenvalue weighted by molar-refractivity contribution is 6.03. The predicted octanol–water partition coefficient (Wildman–Crippen LogP) is 3.25. The fraction of sp³-hybridized carbons (Fsp3) is 0.167. The fourth-order valence-electron chi connectivity index (χ4n) is 2.10. The number of aryl methyl sites for hydroxylation is 1. The molecule has 0 aliphatic carbocycles. The van der Waals surface area contributed by atoms with E-state index in [2.05, 4.69) is 5.32 Å². The van der Waals surface area contributed by atoms with Gasteiger partial charge >= 0.3 is 0 Å². The van der Waals surface area contributed by atoms with Crippen molar-refractivity contribution in [2.45, 2.75) is 6.92 Å². The van der Waals surface area contributed by atoms with Crippen LogP contribution >= 0.6 is 0 Å². The topological polar surface area (TPSA) is 73.6 Å². The van der Waals surface area contributed by atoms with Crippen LogP contribution in [0.25, 0.3) is 6.08 Å². The van der Waals surface area contributed by atoms with Crippen molar-refractivity contribution < 1.29 is 14.3 Å². The van der Waals surface area contributed by atoms with Gasteiger partial charge in [0.1, 0.15) is 0 Å². The van der Waals surface area contributed by atoms with Gasteiger partial charge in [-0.25, -0.2) is 0 Å². The Morgan fingerprint density at radius 1 is 1.09 bits per heavy atom. The number of nitrogens with one attached hydrogen (secondary N) is 1. The molecular weight excluding hydrogens is 292 g/mol. The Bertz CT molecular complexity index is 739. The summed E-state index contributed by atoms with van der Waals surface area (Å²) in [5, 5.41) is 2.75. The summed E-state index contributed by atoms with van der Waals surface area (Å²) < 4.78 is 10.4. The van der Waals surface area contributed by atoms with Crippen LogP contribution in [-0.4, -0.2) is 20.1 Å². The molecule has 23 heavy (non-hydrogen) atoms. The zero-order valence-corrected chi connectivity index (χ0v) is 13.4. The number of nitrogens with two attached hydrogens (primary N) is 1. The normalized spacial score (nSPS) is 10.6. The molecule has 5 nitrogen and oxygen atoms in total. The molecular formula is C18H20N2O3. The minimum absolute atomic E-state index is 0.254. The summed E-state index contributed by atoms with van der Waals surface area (Å²) in [4.78, 5) is 12.0. The highest BCUT2D eigenvalue weighted by atomic mass is 16.5. The molecule has 0 unspecified atom stereocenters. The van der Waals surface area contributed by atoms with Crippen LogP contribution in [0.2, 0.25) is 0 Å². The van der Waals surface area contributed by atoms with Crippen molar-refractivity contribution in [3.05, 3.63) is 53.6 Å². The van der Waals surface area contributed by atoms with Crippen molar-refractivity contribution in [1.82, 2.24) is 0 Å². The van der Waals surface area contributed by atoms with E-state index in [0.29, 0.717) is 22.9 Å². The van der Waals surface area contributed by atoms with Gasteiger partial charge in [-0.3, -0.25) is 4.79 Å². The van der Waals surface area contributed by atoms with Gasteiger partial charge in [-0.1, -0.05) is 12.1 Å². The minimum atomic E-state index is -0.254. The van der Waals surface area contributed by atoms with Gasteiger partial charge in [0.2, 0.25) is 5.91 Å². The van der Waals surface area contributed by atoms with Crippen molar-refractivity contribution in [2.75, 3.05) is 25.3 Å². The van der Waals surface area contributed by atoms with E-state index < -0.39 is 0 Å². The van der Waals surface area contributed by atoms with E-state index >= 15 is 0 Å². The number of carbonyl (C=O) groups is 1. The smallest absolute Gasteiger partial charge is 0.248 e. The third-order valence-corrected chi connectivity index (χ3v) is 3.30. The van der Waals surface area contributed by atoms with Gasteiger partial charge in [0.05, 0.1) is 25.6 Å². The molecule has 0 saturated heterocycles. The molecule has 2 aromatic rings. The number of amides is 1. The van der Waals surface area contributed by atoms with Crippen LogP contribution in [-0.2, 0) is 4.79 Å². The molecule has 2 rings (SSSR count). The third kappa shape index (κ3) is 4.26. The Labute approximate surface area is 135 Å². The van der Waals surface area contributed by atoms with Gasteiger partial charge in [0, 0.05) is 6.08 Å². The summed E-state index contributed by atoms with van der Waals surface area (Å²) >= 11 is 0. The number of anilines is 2. The number of hydrogen-bond donors (Lipinski definition) is 2. The number of ether oxygens (including phenoxy) is 2. The zero-order valence-electron chi connectivity index (χ0n) is 13.4. The Morgan fingerprint density at radius 3 is 2.48 bits per heavy atom. The van der Waals surface area contributed by atoms with Gasteiger partial charge in [0.15, 0.2) is 11.5 Å². The Kier molecular flexibility index (Phi) is 5.25. The summed E-state index contributed by atoms with van der Waals surface area (Å²) in [5.41, 5.74) is 8.88. The van der Waals surface area contributed by atoms with Crippen LogP contribution in [0.1, 0.15) is 11.1 Å². The van der Waals surface area contributed by atoms with E-state index in [0.717, 1.165) is 11.1 Å². The summed E-state index contributed by atoms with van der Waals surface area (Å²) in [5.74, 6) is 0.995. The molecule has 0 aliphatic heterocycles. The summed E-state index contributed by atoms with van der Waals surface area (Å²) in [6.07, 6.45) is 3.14. The second-order valence-corrected chi connectivity index (χ2v) is 5.03. The zero-order chi connectivity index (χ0) is 16.8. The molecule has 0 atom stereocenters. The molecule has 0 spiro atoms. The average molecular weight is 312 g/mol. The molecule has 3 N–H and O–H groups in total. The van der Waals surface area contributed by atoms with Crippen LogP contribution in [0.5, 0.6) is 11.5 Å². The molecule has 0 radical (unpaired) electrons. The van der Waals surface area contributed by atoms with E-state index in [9.17, 15) is 4.79 Å². The molecule has 0 bridgehead atoms. The highest BCUT2D eigenvalue weighted by Crippen LogP contribution is 2.28. The molecule has 120 valence electrons. The highest BCUT2D eigenvalue weighted by Gasteiger charge is 2.04. The molecule has 5 heteroatoms. The second-order valence-electron chi connectivity index (χ2n) is 5.03. The van der Waals surface area contributed by atoms with Crippen molar-refractivity contribution in [2.24, 2.45) is 0 Å². The number of rotatable bonds is 5. The summed E-state index contributed by atoms with van der Waals surface area (Å²) in [6.45, 7) is 1.94. The van der Waals surface area contributed by atoms with Crippen molar-refractivity contribution in [3.63, 3.8) is 0 Å². The molecule has 0 fully saturated rings. The first-order valence-corrected chi connectivity index (χ1v) is 7.10. The maximum atomic E-state index is 12.0. The molecule has 2 aromatic carbocycles. The number of nitrogen functional groups attached to an aromatic ring is 1. The van der Waals surface area contributed by atoms with Crippen LogP contribution in [0.4, 0.5) is 11.4 Å². The lowest BCUT2D eigenvalue weighted by Crippen LogP contribution is -2.09. The van der Waals surface area contributed by atoms with E-state index in [-0.39, 0.29) is 5.91 Å². The lowest BCUT2D eigenvalue weighted by molar-refractivity contribution is -0.111. The fourth-order valence-corrected chi connectivity index (χ4v) is 2.10. The molecule has 0 aromatic heterocycles. The van der Waals surface area contributed by atoms with Gasteiger partial charge in [-0.15, -0.1) is 0 Å². The Balaban J connectivity index is 2.09. The largest absolute Gasteiger partial charge is 0.493 e. The van der Waals surface area contributed by atoms with Crippen molar-refractivity contribution >= 4 is 23.4 Å². The number of benzene rings is 2. The lowest BCUT2D eigenvalue weighted by Gasteiger charge is -2.08. The maximum Gasteiger partial charge on any atom is 0.248 e. The first-order valence-electron chi connectivity index (χ1n) is 7.10. The van der Waals surface area contributed by atoms with E-state index in [1.807, 2.05) is 25.1 Å². The Morgan fingerprint density at radius 2 is 1.83 bits per heavy atom. The SMILES string of the molecule is COc1ccc(/C=C/C(=O)Nc2ccc(C)cc2N)cc1OC. The molecule has 0 saturated carbocycles. The summed E-state index contributed by atoms with van der Waals surface area (Å²) in [6, 6.07) is 10.9. The monoisotopic (exact) mass is 312 g/mol. The van der Waals surface area contributed by atoms with Crippen LogP contribution in [0, 0.1) is 6.92 Å². The number of hydrogen-bond acceptors (Lipinski definition) is 4. The van der Waals surface area contributed by atoms with Crippen molar-refractivity contribution in [3.8, 4) is 11.5 Å².